The number of carbonyl (C=O) groups is 2. The van der Waals surface area contributed by atoms with E-state index >= 15 is 0 Å². The average Bonchev–Trinajstić information content (AvgIpc) is 3.19. The molecule has 4 nitrogen and oxygen atoms in total. The maximum Gasteiger partial charge on any atom is 0.306 e. The lowest BCUT2D eigenvalue weighted by Crippen LogP contribution is -2.33. The van der Waals surface area contributed by atoms with Gasteiger partial charge in [-0.25, -0.2) is 0 Å². The molecule has 1 amide bonds. The normalized spacial score (nSPS) is 14.3. The summed E-state index contributed by atoms with van der Waals surface area (Å²) in [6.07, 6.45) is 4.98. The van der Waals surface area contributed by atoms with Crippen molar-refractivity contribution in [1.29, 1.82) is 0 Å². The minimum absolute atomic E-state index is 0.234. The van der Waals surface area contributed by atoms with Crippen molar-refractivity contribution in [3.05, 3.63) is 71.8 Å². The van der Waals surface area contributed by atoms with E-state index < -0.39 is 0 Å². The van der Waals surface area contributed by atoms with Crippen molar-refractivity contribution in [3.63, 3.8) is 0 Å². The summed E-state index contributed by atoms with van der Waals surface area (Å²) < 4.78 is 5.19. The fourth-order valence-electron chi connectivity index (χ4n) is 3.51. The van der Waals surface area contributed by atoms with Gasteiger partial charge in [-0.15, -0.1) is 0 Å². The van der Waals surface area contributed by atoms with Gasteiger partial charge >= 0.3 is 5.97 Å². The molecule has 0 saturated heterocycles. The van der Waals surface area contributed by atoms with Gasteiger partial charge in [-0.3, -0.25) is 9.59 Å². The molecular formula is C22H25NO3. The molecule has 1 aliphatic carbocycles. The number of ether oxygens (including phenoxy) is 1. The smallest absolute Gasteiger partial charge is 0.306 e. The third-order valence-electron chi connectivity index (χ3n) is 4.87. The van der Waals surface area contributed by atoms with E-state index in [1.165, 1.54) is 12.8 Å². The van der Waals surface area contributed by atoms with Crippen molar-refractivity contribution in [1.82, 2.24) is 5.32 Å². The summed E-state index contributed by atoms with van der Waals surface area (Å²) in [7, 11) is 0. The summed E-state index contributed by atoms with van der Waals surface area (Å²) in [4.78, 5) is 24.3. The van der Waals surface area contributed by atoms with Crippen molar-refractivity contribution in [3.8, 4) is 0 Å². The summed E-state index contributed by atoms with van der Waals surface area (Å²) in [5.41, 5.74) is 1.98. The van der Waals surface area contributed by atoms with Crippen LogP contribution in [0.15, 0.2) is 60.7 Å². The van der Waals surface area contributed by atoms with Crippen molar-refractivity contribution < 1.29 is 14.3 Å². The molecule has 1 N–H and O–H groups in total. The molecule has 4 heteroatoms. The molecule has 0 aliphatic heterocycles. The van der Waals surface area contributed by atoms with E-state index in [2.05, 4.69) is 5.32 Å². The fourth-order valence-corrected chi connectivity index (χ4v) is 3.51. The molecule has 0 atom stereocenters. The summed E-state index contributed by atoms with van der Waals surface area (Å²) in [6, 6.07) is 19.3. The predicted octanol–water partition coefficient (Wildman–Crippen LogP) is 4.02. The van der Waals surface area contributed by atoms with E-state index in [-0.39, 0.29) is 24.5 Å². The van der Waals surface area contributed by atoms with Gasteiger partial charge in [0, 0.05) is 6.42 Å². The molecule has 1 aliphatic rings. The molecule has 0 unspecified atom stereocenters. The van der Waals surface area contributed by atoms with Crippen molar-refractivity contribution in [2.45, 2.75) is 38.1 Å². The molecule has 0 aromatic heterocycles. The standard InChI is InChI=1S/C22H25NO3/c24-20(16-26-21(25)15-17-9-7-8-10-17)23-22(18-11-3-1-4-12-18)19-13-5-2-6-14-19/h1-6,11-14,17,22H,7-10,15-16H2,(H,23,24). The van der Waals surface area contributed by atoms with E-state index in [0.29, 0.717) is 12.3 Å². The number of rotatable bonds is 7. The second-order valence-electron chi connectivity index (χ2n) is 6.84. The van der Waals surface area contributed by atoms with Crippen LogP contribution >= 0.6 is 0 Å². The highest BCUT2D eigenvalue weighted by Gasteiger charge is 2.21. The summed E-state index contributed by atoms with van der Waals surface area (Å²) >= 11 is 0. The first-order chi connectivity index (χ1) is 12.7. The van der Waals surface area contributed by atoms with Crippen LogP contribution in [0, 0.1) is 5.92 Å². The summed E-state index contributed by atoms with van der Waals surface area (Å²) in [5, 5.41) is 2.98. The van der Waals surface area contributed by atoms with Crippen LogP contribution in [0.1, 0.15) is 49.3 Å². The van der Waals surface area contributed by atoms with Crippen LogP contribution in [0.4, 0.5) is 0 Å². The molecule has 1 fully saturated rings. The Labute approximate surface area is 154 Å². The van der Waals surface area contributed by atoms with Crippen molar-refractivity contribution in [2.24, 2.45) is 5.92 Å². The van der Waals surface area contributed by atoms with Gasteiger partial charge in [-0.2, -0.15) is 0 Å². The Kier molecular flexibility index (Phi) is 6.42. The Morgan fingerprint density at radius 3 is 2.00 bits per heavy atom. The first kappa shape index (κ1) is 18.2. The molecule has 0 bridgehead atoms. The van der Waals surface area contributed by atoms with Crippen LogP contribution in [-0.4, -0.2) is 18.5 Å². The lowest BCUT2D eigenvalue weighted by molar-refractivity contribution is -0.149. The topological polar surface area (TPSA) is 55.4 Å². The number of benzene rings is 2. The maximum atomic E-state index is 12.4. The van der Waals surface area contributed by atoms with Crippen LogP contribution in [0.25, 0.3) is 0 Å². The second kappa shape index (κ2) is 9.18. The Bertz CT molecular complexity index is 669. The first-order valence-corrected chi connectivity index (χ1v) is 9.27. The van der Waals surface area contributed by atoms with Gasteiger partial charge in [0.1, 0.15) is 0 Å². The van der Waals surface area contributed by atoms with E-state index in [1.54, 1.807) is 0 Å². The first-order valence-electron chi connectivity index (χ1n) is 9.27. The highest BCUT2D eigenvalue weighted by molar-refractivity contribution is 5.81. The molecular weight excluding hydrogens is 326 g/mol. The van der Waals surface area contributed by atoms with E-state index in [1.807, 2.05) is 60.7 Å². The average molecular weight is 351 g/mol. The Morgan fingerprint density at radius 1 is 0.923 bits per heavy atom. The third kappa shape index (κ3) is 5.19. The van der Waals surface area contributed by atoms with Crippen LogP contribution in [0.5, 0.6) is 0 Å². The number of esters is 1. The minimum Gasteiger partial charge on any atom is -0.456 e. The third-order valence-corrected chi connectivity index (χ3v) is 4.87. The van der Waals surface area contributed by atoms with Gasteiger partial charge < -0.3 is 10.1 Å². The largest absolute Gasteiger partial charge is 0.456 e. The zero-order valence-electron chi connectivity index (χ0n) is 14.9. The Morgan fingerprint density at radius 2 is 1.46 bits per heavy atom. The van der Waals surface area contributed by atoms with Crippen LogP contribution in [0.3, 0.4) is 0 Å². The molecule has 2 aromatic carbocycles. The van der Waals surface area contributed by atoms with E-state index in [9.17, 15) is 9.59 Å². The van der Waals surface area contributed by atoms with Gasteiger partial charge in [-0.05, 0) is 29.9 Å². The zero-order chi connectivity index (χ0) is 18.2. The molecule has 0 spiro atoms. The van der Waals surface area contributed by atoms with E-state index in [0.717, 1.165) is 24.0 Å². The van der Waals surface area contributed by atoms with Crippen LogP contribution in [0.2, 0.25) is 0 Å². The molecule has 26 heavy (non-hydrogen) atoms. The fraction of sp³-hybridized carbons (Fsp3) is 0.364. The van der Waals surface area contributed by atoms with Crippen molar-refractivity contribution in [2.75, 3.05) is 6.61 Å². The number of hydrogen-bond donors (Lipinski definition) is 1. The number of amides is 1. The Balaban J connectivity index is 1.58. The van der Waals surface area contributed by atoms with Gasteiger partial charge in [-0.1, -0.05) is 73.5 Å². The Hall–Kier alpha value is -2.62. The molecule has 136 valence electrons. The molecule has 1 saturated carbocycles. The molecule has 2 aromatic rings. The maximum absolute atomic E-state index is 12.4. The number of nitrogens with one attached hydrogen (secondary N) is 1. The second-order valence-corrected chi connectivity index (χ2v) is 6.84. The minimum atomic E-state index is -0.289. The monoisotopic (exact) mass is 351 g/mol. The van der Waals surface area contributed by atoms with Crippen LogP contribution < -0.4 is 5.32 Å². The van der Waals surface area contributed by atoms with Crippen LogP contribution in [-0.2, 0) is 14.3 Å². The van der Waals surface area contributed by atoms with Gasteiger partial charge in [0.05, 0.1) is 6.04 Å². The van der Waals surface area contributed by atoms with Gasteiger partial charge in [0.15, 0.2) is 6.61 Å². The van der Waals surface area contributed by atoms with Crippen molar-refractivity contribution >= 4 is 11.9 Å². The summed E-state index contributed by atoms with van der Waals surface area (Å²) in [5.74, 6) is -0.141. The molecule has 0 heterocycles. The van der Waals surface area contributed by atoms with Gasteiger partial charge in [0.25, 0.3) is 5.91 Å². The highest BCUT2D eigenvalue weighted by atomic mass is 16.5. The number of carbonyl (C=O) groups excluding carboxylic acids is 2. The SMILES string of the molecule is O=C(COC(=O)CC1CCCC1)NC(c1ccccc1)c1ccccc1. The lowest BCUT2D eigenvalue weighted by Gasteiger charge is -2.20. The highest BCUT2D eigenvalue weighted by Crippen LogP contribution is 2.27. The number of hydrogen-bond acceptors (Lipinski definition) is 3. The predicted molar refractivity (Wildman–Crippen MR) is 100 cm³/mol. The zero-order valence-corrected chi connectivity index (χ0v) is 14.9. The van der Waals surface area contributed by atoms with Gasteiger partial charge in [0.2, 0.25) is 0 Å². The van der Waals surface area contributed by atoms with E-state index in [4.69, 9.17) is 4.74 Å². The summed E-state index contributed by atoms with van der Waals surface area (Å²) in [6.45, 7) is -0.234. The quantitative estimate of drug-likeness (QED) is 0.767. The molecule has 0 radical (unpaired) electrons. The lowest BCUT2D eigenvalue weighted by atomic mass is 9.99. The molecule has 3 rings (SSSR count).